The van der Waals surface area contributed by atoms with E-state index < -0.39 is 5.41 Å². The molecule has 1 amide bonds. The van der Waals surface area contributed by atoms with Gasteiger partial charge in [-0.2, -0.15) is 0 Å². The number of nitrogen functional groups attached to an aromatic ring is 1. The lowest BCUT2D eigenvalue weighted by Crippen LogP contribution is -2.35. The van der Waals surface area contributed by atoms with Gasteiger partial charge in [0.25, 0.3) is 0 Å². The number of ether oxygens (including phenoxy) is 2. The Morgan fingerprint density at radius 1 is 1.19 bits per heavy atom. The van der Waals surface area contributed by atoms with Crippen LogP contribution in [0.4, 0.5) is 5.82 Å². The maximum absolute atomic E-state index is 12.3. The lowest BCUT2D eigenvalue weighted by atomic mass is 9.96. The first-order valence-corrected chi connectivity index (χ1v) is 12.5. The molecule has 0 aliphatic carbocycles. The SMILES string of the molecule is Cc1ccc(-c2cc3c(cc2Sc2nc4c(N)ncnc4n2CCCNC(=O)C(C)(C)C)OCO3)o1. The largest absolute Gasteiger partial charge is 0.461 e. The fraction of sp³-hybridized carbons (Fsp3) is 0.360. The van der Waals surface area contributed by atoms with Crippen molar-refractivity contribution in [3.05, 3.63) is 36.4 Å². The molecular formula is C25H28N6O4S. The molecule has 0 unspecified atom stereocenters. The summed E-state index contributed by atoms with van der Waals surface area (Å²) in [5.74, 6) is 3.19. The van der Waals surface area contributed by atoms with Crippen molar-refractivity contribution in [3.8, 4) is 22.8 Å². The first kappa shape index (κ1) is 24.0. The summed E-state index contributed by atoms with van der Waals surface area (Å²) in [7, 11) is 0. The second kappa shape index (κ2) is 9.38. The summed E-state index contributed by atoms with van der Waals surface area (Å²) in [4.78, 5) is 26.5. The molecule has 0 radical (unpaired) electrons. The summed E-state index contributed by atoms with van der Waals surface area (Å²) in [5.41, 5.74) is 7.73. The van der Waals surface area contributed by atoms with Crippen LogP contribution in [-0.4, -0.2) is 38.8 Å². The minimum Gasteiger partial charge on any atom is -0.461 e. The average Bonchev–Trinajstić information content (AvgIpc) is 3.54. The van der Waals surface area contributed by atoms with Crippen molar-refractivity contribution in [3.63, 3.8) is 0 Å². The van der Waals surface area contributed by atoms with Crippen LogP contribution in [0.5, 0.6) is 11.5 Å². The molecule has 0 atom stereocenters. The van der Waals surface area contributed by atoms with Crippen molar-refractivity contribution in [2.75, 3.05) is 19.1 Å². The third kappa shape index (κ3) is 4.70. The average molecular weight is 509 g/mol. The van der Waals surface area contributed by atoms with Crippen molar-refractivity contribution < 1.29 is 18.7 Å². The second-order valence-corrected chi connectivity index (χ2v) is 10.6. The van der Waals surface area contributed by atoms with Crippen LogP contribution in [0.1, 0.15) is 33.0 Å². The smallest absolute Gasteiger partial charge is 0.231 e. The van der Waals surface area contributed by atoms with Crippen molar-refractivity contribution in [2.45, 2.75) is 50.7 Å². The predicted molar refractivity (Wildman–Crippen MR) is 136 cm³/mol. The number of aryl methyl sites for hydroxylation is 2. The molecule has 1 aliphatic heterocycles. The molecule has 1 aliphatic rings. The molecule has 0 bridgehead atoms. The monoisotopic (exact) mass is 508 g/mol. The van der Waals surface area contributed by atoms with E-state index in [0.717, 1.165) is 22.0 Å². The molecule has 11 heteroatoms. The number of furan rings is 1. The number of imidazole rings is 1. The van der Waals surface area contributed by atoms with Crippen LogP contribution in [-0.2, 0) is 11.3 Å². The number of hydrogen-bond acceptors (Lipinski definition) is 9. The van der Waals surface area contributed by atoms with Gasteiger partial charge in [-0.1, -0.05) is 32.5 Å². The summed E-state index contributed by atoms with van der Waals surface area (Å²) < 4.78 is 19.2. The normalized spacial score (nSPS) is 12.9. The van der Waals surface area contributed by atoms with Crippen molar-refractivity contribution in [1.82, 2.24) is 24.8 Å². The van der Waals surface area contributed by atoms with Crippen LogP contribution in [0.3, 0.4) is 0 Å². The molecule has 0 fully saturated rings. The van der Waals surface area contributed by atoms with Crippen molar-refractivity contribution >= 4 is 34.7 Å². The standard InChI is InChI=1S/C25H28N6O4S/c1-14-6-7-16(35-14)15-10-17-18(34-13-33-17)11-19(15)36-24-30-20-21(26)28-12-29-22(20)31(24)9-5-8-27-23(32)25(2,3)4/h6-7,10-12H,5,8-9,13H2,1-4H3,(H,27,32)(H2,26,28,29). The molecule has 188 valence electrons. The van der Waals surface area contributed by atoms with E-state index in [-0.39, 0.29) is 12.7 Å². The molecule has 5 rings (SSSR count). The Morgan fingerprint density at radius 2 is 1.97 bits per heavy atom. The van der Waals surface area contributed by atoms with Gasteiger partial charge in [0.2, 0.25) is 12.7 Å². The van der Waals surface area contributed by atoms with Crippen LogP contribution in [0, 0.1) is 12.3 Å². The molecule has 36 heavy (non-hydrogen) atoms. The van der Waals surface area contributed by atoms with Crippen molar-refractivity contribution in [2.24, 2.45) is 5.41 Å². The first-order valence-electron chi connectivity index (χ1n) is 11.6. The number of nitrogens with zero attached hydrogens (tertiary/aromatic N) is 4. The number of fused-ring (bicyclic) bond motifs is 2. The maximum atomic E-state index is 12.3. The molecule has 3 aromatic heterocycles. The van der Waals surface area contributed by atoms with Crippen LogP contribution >= 0.6 is 11.8 Å². The summed E-state index contributed by atoms with van der Waals surface area (Å²) >= 11 is 1.46. The lowest BCUT2D eigenvalue weighted by Gasteiger charge is -2.17. The summed E-state index contributed by atoms with van der Waals surface area (Å²) in [6.07, 6.45) is 2.12. The van der Waals surface area contributed by atoms with Crippen LogP contribution < -0.4 is 20.5 Å². The summed E-state index contributed by atoms with van der Waals surface area (Å²) in [5, 5.41) is 3.69. The number of hydrogen-bond donors (Lipinski definition) is 2. The predicted octanol–water partition coefficient (Wildman–Crippen LogP) is 4.41. The van der Waals surface area contributed by atoms with E-state index in [2.05, 4.69) is 15.3 Å². The molecule has 0 saturated heterocycles. The quantitative estimate of drug-likeness (QED) is 0.349. The van der Waals surface area contributed by atoms with Gasteiger partial charge in [-0.25, -0.2) is 15.0 Å². The second-order valence-electron chi connectivity index (χ2n) is 9.55. The van der Waals surface area contributed by atoms with Gasteiger partial charge >= 0.3 is 0 Å². The van der Waals surface area contributed by atoms with E-state index in [1.807, 2.05) is 56.5 Å². The number of amides is 1. The van der Waals surface area contributed by atoms with Gasteiger partial charge < -0.3 is 29.5 Å². The van der Waals surface area contributed by atoms with Crippen molar-refractivity contribution in [1.29, 1.82) is 0 Å². The summed E-state index contributed by atoms with van der Waals surface area (Å²) in [6, 6.07) is 7.71. The van der Waals surface area contributed by atoms with Gasteiger partial charge in [-0.3, -0.25) is 4.79 Å². The Bertz CT molecular complexity index is 1440. The third-order valence-electron chi connectivity index (χ3n) is 5.73. The third-order valence-corrected chi connectivity index (χ3v) is 6.78. The minimum atomic E-state index is -0.440. The molecule has 3 N–H and O–H groups in total. The fourth-order valence-corrected chi connectivity index (χ4v) is 4.85. The van der Waals surface area contributed by atoms with Crippen LogP contribution in [0.2, 0.25) is 0 Å². The van der Waals surface area contributed by atoms with Gasteiger partial charge in [-0.05, 0) is 37.6 Å². The Labute approximate surface area is 212 Å². The Balaban J connectivity index is 1.48. The molecule has 4 aromatic rings. The Kier molecular flexibility index (Phi) is 6.25. The zero-order valence-electron chi connectivity index (χ0n) is 20.6. The molecule has 4 heterocycles. The number of benzene rings is 1. The zero-order valence-corrected chi connectivity index (χ0v) is 21.4. The van der Waals surface area contributed by atoms with Gasteiger partial charge in [0.05, 0.1) is 0 Å². The highest BCUT2D eigenvalue weighted by Gasteiger charge is 2.24. The van der Waals surface area contributed by atoms with E-state index in [4.69, 9.17) is 24.6 Å². The first-order chi connectivity index (χ1) is 17.2. The van der Waals surface area contributed by atoms with Crippen LogP contribution in [0.25, 0.3) is 22.5 Å². The Hall–Kier alpha value is -3.73. The summed E-state index contributed by atoms with van der Waals surface area (Å²) in [6.45, 7) is 8.87. The topological polar surface area (TPSA) is 130 Å². The highest BCUT2D eigenvalue weighted by atomic mass is 32.2. The number of rotatable bonds is 7. The fourth-order valence-electron chi connectivity index (χ4n) is 3.80. The Morgan fingerprint density at radius 3 is 2.69 bits per heavy atom. The molecular weight excluding hydrogens is 480 g/mol. The molecule has 1 aromatic carbocycles. The van der Waals surface area contributed by atoms with E-state index in [0.29, 0.717) is 53.1 Å². The van der Waals surface area contributed by atoms with Gasteiger partial charge in [-0.15, -0.1) is 0 Å². The van der Waals surface area contributed by atoms with E-state index in [9.17, 15) is 4.79 Å². The zero-order chi connectivity index (χ0) is 25.4. The highest BCUT2D eigenvalue weighted by molar-refractivity contribution is 7.99. The maximum Gasteiger partial charge on any atom is 0.231 e. The van der Waals surface area contributed by atoms with E-state index >= 15 is 0 Å². The lowest BCUT2D eigenvalue weighted by molar-refractivity contribution is -0.128. The van der Waals surface area contributed by atoms with Gasteiger partial charge in [0.1, 0.15) is 17.8 Å². The van der Waals surface area contributed by atoms with Gasteiger partial charge in [0, 0.05) is 29.0 Å². The molecule has 0 spiro atoms. The van der Waals surface area contributed by atoms with Gasteiger partial charge in [0.15, 0.2) is 33.6 Å². The number of nitrogens with two attached hydrogens (primary N) is 1. The molecule has 0 saturated carbocycles. The number of carbonyl (C=O) groups excluding carboxylic acids is 1. The molecule has 10 nitrogen and oxygen atoms in total. The van der Waals surface area contributed by atoms with E-state index in [1.165, 1.54) is 18.1 Å². The van der Waals surface area contributed by atoms with Crippen LogP contribution in [0.15, 0.2) is 45.1 Å². The number of anilines is 1. The highest BCUT2D eigenvalue weighted by Crippen LogP contribution is 2.45. The number of carbonyl (C=O) groups is 1. The van der Waals surface area contributed by atoms with E-state index in [1.54, 1.807) is 0 Å². The number of nitrogens with one attached hydrogen (secondary N) is 1. The number of aromatic nitrogens is 4. The minimum absolute atomic E-state index is 0.0119.